The minimum Gasteiger partial charge on any atom is -0.339 e. The fraction of sp³-hybridized carbons (Fsp3) is 0.615. The number of nitrogens with one attached hydrogen (secondary N) is 2. The van der Waals surface area contributed by atoms with Gasteiger partial charge in [-0.25, -0.2) is 4.79 Å². The summed E-state index contributed by atoms with van der Waals surface area (Å²) in [5, 5.41) is 5.68. The minimum atomic E-state index is -0.892. The van der Waals surface area contributed by atoms with Gasteiger partial charge in [0.1, 0.15) is 12.1 Å². The quantitative estimate of drug-likeness (QED) is 0.659. The number of hydrogen-bond donors (Lipinski definition) is 2. The summed E-state index contributed by atoms with van der Waals surface area (Å²) in [6.45, 7) is 9.57. The molecule has 3 aliphatic rings. The first-order valence-electron chi connectivity index (χ1n) is 12.3. The van der Waals surface area contributed by atoms with Crippen molar-refractivity contribution >= 4 is 29.4 Å². The Balaban J connectivity index is 1.41. The predicted octanol–water partition coefficient (Wildman–Crippen LogP) is 3.70. The molecule has 0 atom stereocenters. The summed E-state index contributed by atoms with van der Waals surface area (Å²) in [6, 6.07) is 4.72. The van der Waals surface area contributed by atoms with E-state index in [1.165, 1.54) is 0 Å². The summed E-state index contributed by atoms with van der Waals surface area (Å²) < 4.78 is 0. The standard InChI is InChI=1S/C26H36N4O4/c1-17-19(22(32)29-14-5-6-15-29)8-7-9-20(17)27-21(31)16-30-23(33)26(28-24(30)34)12-10-18(11-13-26)25(2,3)4/h7-9,18H,5-6,10-16H2,1-4H3,(H,27,31)(H,28,34). The van der Waals surface area contributed by atoms with Gasteiger partial charge < -0.3 is 15.5 Å². The van der Waals surface area contributed by atoms with Gasteiger partial charge in [-0.2, -0.15) is 0 Å². The third-order valence-electron chi connectivity index (χ3n) is 7.84. The summed E-state index contributed by atoms with van der Waals surface area (Å²) in [5.41, 5.74) is 1.03. The van der Waals surface area contributed by atoms with Crippen LogP contribution in [-0.4, -0.2) is 58.7 Å². The van der Waals surface area contributed by atoms with Crippen LogP contribution in [0.25, 0.3) is 0 Å². The molecule has 34 heavy (non-hydrogen) atoms. The van der Waals surface area contributed by atoms with E-state index in [0.717, 1.165) is 43.7 Å². The molecule has 1 spiro atoms. The second kappa shape index (κ2) is 9.04. The zero-order chi connectivity index (χ0) is 24.7. The lowest BCUT2D eigenvalue weighted by atomic mass is 9.67. The Labute approximate surface area is 201 Å². The van der Waals surface area contributed by atoms with Gasteiger partial charge in [-0.05, 0) is 74.5 Å². The Morgan fingerprint density at radius 1 is 1.12 bits per heavy atom. The smallest absolute Gasteiger partial charge is 0.325 e. The van der Waals surface area contributed by atoms with Crippen LogP contribution in [0.5, 0.6) is 0 Å². The van der Waals surface area contributed by atoms with Crippen molar-refractivity contribution < 1.29 is 19.2 Å². The molecule has 2 N–H and O–H groups in total. The molecule has 5 amide bonds. The number of carbonyl (C=O) groups excluding carboxylic acids is 4. The molecular formula is C26H36N4O4. The summed E-state index contributed by atoms with van der Waals surface area (Å²) in [6.07, 6.45) is 4.94. The first-order valence-corrected chi connectivity index (χ1v) is 12.3. The Morgan fingerprint density at radius 2 is 1.76 bits per heavy atom. The Hall–Kier alpha value is -2.90. The molecule has 184 valence electrons. The summed E-state index contributed by atoms with van der Waals surface area (Å²) >= 11 is 0. The minimum absolute atomic E-state index is 0.0343. The lowest BCUT2D eigenvalue weighted by molar-refractivity contribution is -0.135. The van der Waals surface area contributed by atoms with E-state index in [4.69, 9.17) is 0 Å². The van der Waals surface area contributed by atoms with Gasteiger partial charge in [0.15, 0.2) is 0 Å². The summed E-state index contributed by atoms with van der Waals surface area (Å²) in [7, 11) is 0. The Morgan fingerprint density at radius 3 is 2.38 bits per heavy atom. The van der Waals surface area contributed by atoms with E-state index in [-0.39, 0.29) is 23.8 Å². The normalized spacial score (nSPS) is 25.1. The average Bonchev–Trinajstić information content (AvgIpc) is 3.39. The van der Waals surface area contributed by atoms with Crippen LogP contribution in [0.4, 0.5) is 10.5 Å². The van der Waals surface area contributed by atoms with Crippen LogP contribution >= 0.6 is 0 Å². The highest BCUT2D eigenvalue weighted by molar-refractivity contribution is 6.10. The number of benzene rings is 1. The maximum Gasteiger partial charge on any atom is 0.325 e. The number of rotatable bonds is 4. The predicted molar refractivity (Wildman–Crippen MR) is 129 cm³/mol. The van der Waals surface area contributed by atoms with Gasteiger partial charge in [0, 0.05) is 24.3 Å². The largest absolute Gasteiger partial charge is 0.339 e. The van der Waals surface area contributed by atoms with Crippen LogP contribution in [-0.2, 0) is 9.59 Å². The summed E-state index contributed by atoms with van der Waals surface area (Å²) in [4.78, 5) is 54.4. The maximum atomic E-state index is 13.2. The maximum absolute atomic E-state index is 13.2. The van der Waals surface area contributed by atoms with Gasteiger partial charge in [0.25, 0.3) is 11.8 Å². The molecule has 0 aromatic heterocycles. The highest BCUT2D eigenvalue weighted by atomic mass is 16.2. The summed E-state index contributed by atoms with van der Waals surface area (Å²) in [5.74, 6) is -0.306. The van der Waals surface area contributed by atoms with E-state index in [0.29, 0.717) is 35.6 Å². The van der Waals surface area contributed by atoms with E-state index in [1.807, 2.05) is 4.90 Å². The molecular weight excluding hydrogens is 432 g/mol. The van der Waals surface area contributed by atoms with Gasteiger partial charge in [0.05, 0.1) is 0 Å². The highest BCUT2D eigenvalue weighted by Gasteiger charge is 2.53. The van der Waals surface area contributed by atoms with Crippen molar-refractivity contribution in [3.05, 3.63) is 29.3 Å². The van der Waals surface area contributed by atoms with Gasteiger partial charge in [-0.1, -0.05) is 26.8 Å². The van der Waals surface area contributed by atoms with E-state index >= 15 is 0 Å². The van der Waals surface area contributed by atoms with Crippen LogP contribution in [0.15, 0.2) is 18.2 Å². The molecule has 8 nitrogen and oxygen atoms in total. The molecule has 1 aromatic rings. The van der Waals surface area contributed by atoms with Crippen molar-refractivity contribution in [2.24, 2.45) is 11.3 Å². The average molecular weight is 469 g/mol. The first-order chi connectivity index (χ1) is 16.0. The lowest BCUT2D eigenvalue weighted by Crippen LogP contribution is -2.51. The van der Waals surface area contributed by atoms with Gasteiger partial charge in [-0.3, -0.25) is 19.3 Å². The van der Waals surface area contributed by atoms with Gasteiger partial charge >= 0.3 is 6.03 Å². The fourth-order valence-electron chi connectivity index (χ4n) is 5.56. The lowest BCUT2D eigenvalue weighted by Gasteiger charge is -2.40. The molecule has 1 aromatic carbocycles. The van der Waals surface area contributed by atoms with Crippen LogP contribution < -0.4 is 10.6 Å². The van der Waals surface area contributed by atoms with Crippen LogP contribution in [0.2, 0.25) is 0 Å². The topological polar surface area (TPSA) is 98.8 Å². The van der Waals surface area contributed by atoms with Crippen LogP contribution in [0.1, 0.15) is 75.2 Å². The molecule has 0 unspecified atom stereocenters. The number of anilines is 1. The number of amides is 5. The van der Waals surface area contributed by atoms with E-state index in [2.05, 4.69) is 31.4 Å². The first kappa shape index (κ1) is 24.2. The van der Waals surface area contributed by atoms with Crippen molar-refractivity contribution in [1.82, 2.24) is 15.1 Å². The number of urea groups is 1. The molecule has 0 radical (unpaired) electrons. The van der Waals surface area contributed by atoms with Crippen molar-refractivity contribution in [1.29, 1.82) is 0 Å². The van der Waals surface area contributed by atoms with Gasteiger partial charge in [0.2, 0.25) is 5.91 Å². The molecule has 2 heterocycles. The van der Waals surface area contributed by atoms with Gasteiger partial charge in [-0.15, -0.1) is 0 Å². The third kappa shape index (κ3) is 4.55. The molecule has 1 aliphatic carbocycles. The molecule has 2 aliphatic heterocycles. The third-order valence-corrected chi connectivity index (χ3v) is 7.84. The second-order valence-electron chi connectivity index (χ2n) is 11.1. The van der Waals surface area contributed by atoms with Crippen molar-refractivity contribution in [3.63, 3.8) is 0 Å². The molecule has 1 saturated carbocycles. The van der Waals surface area contributed by atoms with E-state index in [1.54, 1.807) is 25.1 Å². The highest BCUT2D eigenvalue weighted by Crippen LogP contribution is 2.43. The number of nitrogens with zero attached hydrogens (tertiary/aromatic N) is 2. The molecule has 4 rings (SSSR count). The Bertz CT molecular complexity index is 999. The van der Waals surface area contributed by atoms with Crippen LogP contribution in [0.3, 0.4) is 0 Å². The monoisotopic (exact) mass is 468 g/mol. The Kier molecular flexibility index (Phi) is 6.44. The SMILES string of the molecule is Cc1c(NC(=O)CN2C(=O)NC3(CCC(C(C)(C)C)CC3)C2=O)cccc1C(=O)N1CCCC1. The molecule has 0 bridgehead atoms. The molecule has 3 fully saturated rings. The van der Waals surface area contributed by atoms with E-state index in [9.17, 15) is 19.2 Å². The van der Waals surface area contributed by atoms with E-state index < -0.39 is 17.5 Å². The zero-order valence-corrected chi connectivity index (χ0v) is 20.7. The molecule has 2 saturated heterocycles. The number of hydrogen-bond acceptors (Lipinski definition) is 4. The van der Waals surface area contributed by atoms with Crippen molar-refractivity contribution in [2.45, 2.75) is 71.8 Å². The van der Waals surface area contributed by atoms with Crippen LogP contribution in [0, 0.1) is 18.3 Å². The van der Waals surface area contributed by atoms with Crippen molar-refractivity contribution in [3.8, 4) is 0 Å². The fourth-order valence-corrected chi connectivity index (χ4v) is 5.56. The number of carbonyl (C=O) groups is 4. The van der Waals surface area contributed by atoms with Crippen molar-refractivity contribution in [2.75, 3.05) is 25.0 Å². The zero-order valence-electron chi connectivity index (χ0n) is 20.7. The second-order valence-corrected chi connectivity index (χ2v) is 11.1. The number of imide groups is 1. The number of likely N-dealkylation sites (tertiary alicyclic amines) is 1. The molecule has 8 heteroatoms.